The molecule has 1 atom stereocenters. The zero-order valence-corrected chi connectivity index (χ0v) is 11.4. The maximum absolute atomic E-state index is 13.3. The van der Waals surface area contributed by atoms with Crippen molar-refractivity contribution in [1.29, 1.82) is 0 Å². The molecule has 0 spiro atoms. The van der Waals surface area contributed by atoms with Gasteiger partial charge in [0, 0.05) is 19.4 Å². The lowest BCUT2D eigenvalue weighted by Crippen LogP contribution is -2.49. The van der Waals surface area contributed by atoms with Gasteiger partial charge in [0.15, 0.2) is 17.3 Å². The number of aromatic amines is 1. The van der Waals surface area contributed by atoms with Gasteiger partial charge in [-0.15, -0.1) is 0 Å². The van der Waals surface area contributed by atoms with Gasteiger partial charge in [0.25, 0.3) is 17.7 Å². The Morgan fingerprint density at radius 2 is 2.27 bits per heavy atom. The second-order valence-electron chi connectivity index (χ2n) is 4.51. The molecule has 0 saturated carbocycles. The Balaban J connectivity index is 1.81. The Kier molecular flexibility index (Phi) is 3.41. The number of hydrogen-bond acceptors (Lipinski definition) is 6. The Morgan fingerprint density at radius 3 is 3.00 bits per heavy atom. The van der Waals surface area contributed by atoms with Gasteiger partial charge in [0.05, 0.1) is 6.20 Å². The molecule has 1 aliphatic heterocycles. The van der Waals surface area contributed by atoms with Crippen molar-refractivity contribution in [1.82, 2.24) is 25.5 Å². The summed E-state index contributed by atoms with van der Waals surface area (Å²) in [5.74, 6) is -1.62. The number of aromatic nitrogens is 4. The lowest BCUT2D eigenvalue weighted by molar-refractivity contribution is -0.120. The van der Waals surface area contributed by atoms with Gasteiger partial charge < -0.3 is 10.1 Å². The smallest absolute Gasteiger partial charge is 0.273 e. The van der Waals surface area contributed by atoms with E-state index >= 15 is 0 Å². The summed E-state index contributed by atoms with van der Waals surface area (Å²) in [6.45, 7) is -0.142. The molecule has 3 rings (SSSR count). The van der Waals surface area contributed by atoms with Crippen LogP contribution < -0.4 is 15.0 Å². The number of ether oxygens (including phenoxy) is 1. The van der Waals surface area contributed by atoms with Gasteiger partial charge in [-0.2, -0.15) is 5.10 Å². The molecule has 3 heterocycles. The first-order valence-corrected chi connectivity index (χ1v) is 6.29. The van der Waals surface area contributed by atoms with E-state index in [2.05, 4.69) is 25.5 Å². The minimum atomic E-state index is -1.00. The summed E-state index contributed by atoms with van der Waals surface area (Å²) >= 11 is 0. The average molecular weight is 306 g/mol. The fraction of sp³-hybridized carbons (Fsp3) is 0.250. The maximum atomic E-state index is 13.3. The monoisotopic (exact) mass is 306 g/mol. The number of hydrogen-bond donors (Lipinski definition) is 2. The van der Waals surface area contributed by atoms with E-state index in [1.165, 1.54) is 24.3 Å². The number of nitrogens with zero attached hydrogens (tertiary/aromatic N) is 4. The zero-order chi connectivity index (χ0) is 15.7. The number of nitrogens with one attached hydrogen (secondary N) is 2. The van der Waals surface area contributed by atoms with Crippen LogP contribution in [-0.4, -0.2) is 51.7 Å². The minimum Gasteiger partial charge on any atom is -0.472 e. The van der Waals surface area contributed by atoms with Crippen molar-refractivity contribution in [2.75, 3.05) is 18.6 Å². The van der Waals surface area contributed by atoms with Gasteiger partial charge in [-0.3, -0.25) is 19.6 Å². The molecule has 0 aromatic carbocycles. The second-order valence-corrected chi connectivity index (χ2v) is 4.51. The number of rotatable bonds is 2. The minimum absolute atomic E-state index is 0.142. The zero-order valence-electron chi connectivity index (χ0n) is 11.4. The van der Waals surface area contributed by atoms with E-state index in [1.807, 2.05) is 0 Å². The number of carbonyl (C=O) groups excluding carboxylic acids is 2. The molecule has 114 valence electrons. The van der Waals surface area contributed by atoms with Gasteiger partial charge in [0.2, 0.25) is 0 Å². The summed E-state index contributed by atoms with van der Waals surface area (Å²) in [6, 6.07) is -1.00. The SMILES string of the molecule is CN1C(=O)[C@@H](NC(=O)c2[nH]ncc2F)COc2nccnc21. The molecule has 0 bridgehead atoms. The van der Waals surface area contributed by atoms with Crippen LogP contribution in [0.3, 0.4) is 0 Å². The van der Waals surface area contributed by atoms with Crippen LogP contribution in [0.5, 0.6) is 5.88 Å². The van der Waals surface area contributed by atoms with Crippen molar-refractivity contribution in [3.8, 4) is 5.88 Å². The lowest BCUT2D eigenvalue weighted by atomic mass is 10.2. The summed E-state index contributed by atoms with van der Waals surface area (Å²) < 4.78 is 18.7. The molecule has 2 N–H and O–H groups in total. The highest BCUT2D eigenvalue weighted by Gasteiger charge is 2.32. The molecule has 9 nitrogen and oxygen atoms in total. The van der Waals surface area contributed by atoms with Crippen LogP contribution in [0.25, 0.3) is 0 Å². The number of carbonyl (C=O) groups is 2. The molecule has 0 saturated heterocycles. The Hall–Kier alpha value is -3.04. The molecular formula is C12H11FN6O3. The number of fused-ring (bicyclic) bond motifs is 1. The van der Waals surface area contributed by atoms with Gasteiger partial charge in [-0.1, -0.05) is 0 Å². The first kappa shape index (κ1) is 13.9. The fourth-order valence-corrected chi connectivity index (χ4v) is 1.99. The molecule has 0 fully saturated rings. The number of H-pyrrole nitrogens is 1. The molecule has 0 aliphatic carbocycles. The van der Waals surface area contributed by atoms with E-state index in [0.717, 1.165) is 6.20 Å². The fourth-order valence-electron chi connectivity index (χ4n) is 1.99. The summed E-state index contributed by atoms with van der Waals surface area (Å²) in [6.07, 6.45) is 3.72. The van der Waals surface area contributed by atoms with Crippen LogP contribution in [0, 0.1) is 5.82 Å². The molecule has 2 aromatic heterocycles. The first-order valence-electron chi connectivity index (χ1n) is 6.29. The van der Waals surface area contributed by atoms with Gasteiger partial charge in [-0.25, -0.2) is 14.4 Å². The molecule has 1 aliphatic rings. The third-order valence-electron chi connectivity index (χ3n) is 3.11. The molecule has 10 heteroatoms. The summed E-state index contributed by atoms with van der Waals surface area (Å²) in [7, 11) is 1.49. The van der Waals surface area contributed by atoms with Crippen LogP contribution >= 0.6 is 0 Å². The van der Waals surface area contributed by atoms with Crippen molar-refractivity contribution >= 4 is 17.6 Å². The van der Waals surface area contributed by atoms with Crippen LogP contribution in [0.1, 0.15) is 10.5 Å². The molecule has 2 aromatic rings. The van der Waals surface area contributed by atoms with E-state index in [-0.39, 0.29) is 24.0 Å². The molecule has 2 amide bonds. The summed E-state index contributed by atoms with van der Waals surface area (Å²) in [5.41, 5.74) is -0.353. The number of likely N-dealkylation sites (N-methyl/N-ethyl adjacent to an activating group) is 1. The summed E-state index contributed by atoms with van der Waals surface area (Å²) in [4.78, 5) is 33.5. The first-order chi connectivity index (χ1) is 10.6. The number of amides is 2. The van der Waals surface area contributed by atoms with E-state index in [4.69, 9.17) is 4.74 Å². The third-order valence-corrected chi connectivity index (χ3v) is 3.11. The number of anilines is 1. The molecular weight excluding hydrogens is 295 g/mol. The average Bonchev–Trinajstić information content (AvgIpc) is 2.91. The van der Waals surface area contributed by atoms with E-state index in [9.17, 15) is 14.0 Å². The largest absolute Gasteiger partial charge is 0.472 e. The lowest BCUT2D eigenvalue weighted by Gasteiger charge is -2.19. The van der Waals surface area contributed by atoms with Crippen molar-refractivity contribution in [2.45, 2.75) is 6.04 Å². The van der Waals surface area contributed by atoms with Gasteiger partial charge >= 0.3 is 0 Å². The number of halogens is 1. The predicted molar refractivity (Wildman–Crippen MR) is 70.7 cm³/mol. The Morgan fingerprint density at radius 1 is 1.50 bits per heavy atom. The van der Waals surface area contributed by atoms with Crippen molar-refractivity contribution < 1.29 is 18.7 Å². The summed E-state index contributed by atoms with van der Waals surface area (Å²) in [5, 5.41) is 8.03. The topological polar surface area (TPSA) is 113 Å². The highest BCUT2D eigenvalue weighted by Crippen LogP contribution is 2.24. The third kappa shape index (κ3) is 2.34. The van der Waals surface area contributed by atoms with E-state index in [0.29, 0.717) is 0 Å². The predicted octanol–water partition coefficient (Wildman–Crippen LogP) is -0.507. The van der Waals surface area contributed by atoms with E-state index < -0.39 is 23.7 Å². The Labute approximate surface area is 123 Å². The van der Waals surface area contributed by atoms with Crippen LogP contribution in [0.15, 0.2) is 18.6 Å². The highest BCUT2D eigenvalue weighted by molar-refractivity contribution is 6.02. The molecule has 0 unspecified atom stereocenters. The maximum Gasteiger partial charge on any atom is 0.273 e. The van der Waals surface area contributed by atoms with Gasteiger partial charge in [0.1, 0.15) is 12.6 Å². The Bertz CT molecular complexity index is 733. The van der Waals surface area contributed by atoms with Gasteiger partial charge in [-0.05, 0) is 0 Å². The van der Waals surface area contributed by atoms with Crippen molar-refractivity contribution in [3.05, 3.63) is 30.1 Å². The van der Waals surface area contributed by atoms with Crippen molar-refractivity contribution in [3.63, 3.8) is 0 Å². The van der Waals surface area contributed by atoms with Crippen LogP contribution in [-0.2, 0) is 4.79 Å². The van der Waals surface area contributed by atoms with Crippen LogP contribution in [0.4, 0.5) is 10.2 Å². The normalized spacial score (nSPS) is 17.5. The standard InChI is InChI=1S/C12H11FN6O3/c1-19-9-11(15-3-2-14-9)22-5-7(12(19)21)17-10(20)8-6(13)4-16-18-8/h2-4,7H,5H2,1H3,(H,16,18)(H,17,20)/t7-/m0/s1. The van der Waals surface area contributed by atoms with Crippen molar-refractivity contribution in [2.24, 2.45) is 0 Å². The highest BCUT2D eigenvalue weighted by atomic mass is 19.1. The molecule has 0 radical (unpaired) electrons. The molecule has 22 heavy (non-hydrogen) atoms. The van der Waals surface area contributed by atoms with Crippen LogP contribution in [0.2, 0.25) is 0 Å². The quantitative estimate of drug-likeness (QED) is 0.773. The second kappa shape index (κ2) is 5.39. The van der Waals surface area contributed by atoms with E-state index in [1.54, 1.807) is 0 Å².